The zero-order valence-electron chi connectivity index (χ0n) is 18.0. The molecule has 30 heavy (non-hydrogen) atoms. The number of primary sulfonamides is 1. The Kier molecular flexibility index (Phi) is 11.3. The summed E-state index contributed by atoms with van der Waals surface area (Å²) in [6.07, 6.45) is 1.51. The molecule has 1 unspecified atom stereocenters. The Labute approximate surface area is 176 Å². The van der Waals surface area contributed by atoms with E-state index >= 15 is 0 Å². The molecule has 2 rings (SSSR count). The molecule has 6 nitrogen and oxygen atoms in total. The van der Waals surface area contributed by atoms with Gasteiger partial charge in [-0.3, -0.25) is 0 Å². The predicted octanol–water partition coefficient (Wildman–Crippen LogP) is 4.95. The van der Waals surface area contributed by atoms with E-state index in [2.05, 4.69) is 9.98 Å². The molecule has 1 atom stereocenters. The quantitative estimate of drug-likeness (QED) is 0.532. The summed E-state index contributed by atoms with van der Waals surface area (Å²) in [5.41, 5.74) is -0.652. The number of halogens is 3. The molecule has 10 heteroatoms. The second kappa shape index (κ2) is 12.3. The highest BCUT2D eigenvalue weighted by Crippen LogP contribution is 2.31. The highest BCUT2D eigenvalue weighted by molar-refractivity contribution is 7.89. The molecule has 0 bridgehead atoms. The van der Waals surface area contributed by atoms with Gasteiger partial charge in [0, 0.05) is 24.8 Å². The van der Waals surface area contributed by atoms with Crippen molar-refractivity contribution in [3.05, 3.63) is 54.1 Å². The Morgan fingerprint density at radius 3 is 2.03 bits per heavy atom. The number of sulfonamides is 1. The minimum absolute atomic E-state index is 0.120. The smallest absolute Gasteiger partial charge is 0.303 e. The monoisotopic (exact) mass is 446 g/mol. The fourth-order valence-electron chi connectivity index (χ4n) is 2.23. The van der Waals surface area contributed by atoms with Crippen molar-refractivity contribution in [2.45, 2.75) is 51.6 Å². The summed E-state index contributed by atoms with van der Waals surface area (Å²) in [5, 5.41) is 5.02. The van der Waals surface area contributed by atoms with Gasteiger partial charge in [0.25, 0.3) is 0 Å². The summed E-state index contributed by atoms with van der Waals surface area (Å²) in [7, 11) is -2.12. The van der Waals surface area contributed by atoms with Gasteiger partial charge in [0.1, 0.15) is 5.82 Å². The number of allylic oxidation sites excluding steroid dienone is 2. The van der Waals surface area contributed by atoms with Crippen LogP contribution in [0.3, 0.4) is 0 Å². The molecule has 1 aromatic carbocycles. The number of hydrogen-bond donors (Lipinski definition) is 1. The summed E-state index contributed by atoms with van der Waals surface area (Å²) in [4.78, 5) is 7.18. The van der Waals surface area contributed by atoms with E-state index in [4.69, 9.17) is 5.14 Å². The van der Waals surface area contributed by atoms with Crippen LogP contribution >= 0.6 is 0 Å². The summed E-state index contributed by atoms with van der Waals surface area (Å²) in [5.74, 6) is -0.159. The second-order valence-corrected chi connectivity index (χ2v) is 7.28. The molecule has 0 radical (unpaired) electrons. The Balaban J connectivity index is 0.00000125. The molecule has 0 aliphatic rings. The molecule has 0 saturated carbocycles. The van der Waals surface area contributed by atoms with Gasteiger partial charge in [0.05, 0.1) is 4.90 Å². The van der Waals surface area contributed by atoms with Crippen LogP contribution in [0.4, 0.5) is 13.2 Å². The first kappa shape index (κ1) is 27.5. The maximum Gasteiger partial charge on any atom is 0.434 e. The summed E-state index contributed by atoms with van der Waals surface area (Å²) >= 11 is 0. The van der Waals surface area contributed by atoms with Gasteiger partial charge in [-0.25, -0.2) is 18.5 Å². The van der Waals surface area contributed by atoms with Gasteiger partial charge in [0.2, 0.25) is 10.0 Å². The van der Waals surface area contributed by atoms with Crippen LogP contribution in [0.2, 0.25) is 0 Å². The lowest BCUT2D eigenvalue weighted by Crippen LogP contribution is -2.12. The van der Waals surface area contributed by atoms with E-state index in [0.29, 0.717) is 5.69 Å². The lowest BCUT2D eigenvalue weighted by atomic mass is 10.1. The molecule has 0 amide bonds. The number of nitrogens with zero attached hydrogens (tertiary/aromatic N) is 3. The second-order valence-electron chi connectivity index (χ2n) is 5.72. The van der Waals surface area contributed by atoms with Crippen LogP contribution in [0, 0.1) is 0 Å². The Hall–Kier alpha value is -2.46. The van der Waals surface area contributed by atoms with E-state index in [9.17, 15) is 21.6 Å². The van der Waals surface area contributed by atoms with E-state index in [0.717, 1.165) is 6.20 Å². The minimum Gasteiger partial charge on any atom is -0.303 e. The third-order valence-electron chi connectivity index (χ3n) is 3.61. The third kappa shape index (κ3) is 8.11. The fraction of sp³-hybridized carbons (Fsp3) is 0.400. The Bertz CT molecular complexity index is 928. The minimum atomic E-state index is -4.57. The average Bonchev–Trinajstić information content (AvgIpc) is 3.15. The average molecular weight is 447 g/mol. The maximum atomic E-state index is 13.0. The highest BCUT2D eigenvalue weighted by Gasteiger charge is 2.35. The fourth-order valence-corrected chi connectivity index (χ4v) is 2.75. The number of aromatic nitrogens is 2. The number of rotatable bonds is 4. The van der Waals surface area contributed by atoms with Crippen LogP contribution in [-0.2, 0) is 16.2 Å². The molecule has 2 N–H and O–H groups in total. The summed E-state index contributed by atoms with van der Waals surface area (Å²) < 4.78 is 62.8. The largest absolute Gasteiger partial charge is 0.434 e. The highest BCUT2D eigenvalue weighted by atomic mass is 32.2. The van der Waals surface area contributed by atoms with Crippen LogP contribution in [0.15, 0.2) is 52.5 Å². The molecule has 0 aliphatic carbocycles. The molecule has 1 aromatic heterocycles. The van der Waals surface area contributed by atoms with Gasteiger partial charge in [-0.1, -0.05) is 32.9 Å². The number of benzene rings is 1. The molecular formula is C20H29F3N4O2S. The molecule has 168 valence electrons. The third-order valence-corrected chi connectivity index (χ3v) is 4.54. The van der Waals surface area contributed by atoms with Crippen LogP contribution in [0.5, 0.6) is 0 Å². The van der Waals surface area contributed by atoms with Gasteiger partial charge >= 0.3 is 6.18 Å². The lowest BCUT2D eigenvalue weighted by Gasteiger charge is -2.11. The Morgan fingerprint density at radius 1 is 1.17 bits per heavy atom. The van der Waals surface area contributed by atoms with Gasteiger partial charge in [-0.15, -0.1) is 0 Å². The number of hydrogen-bond acceptors (Lipinski definition) is 4. The van der Waals surface area contributed by atoms with Crippen LogP contribution in [0.1, 0.15) is 52.1 Å². The first-order chi connectivity index (χ1) is 14.0. The zero-order chi connectivity index (χ0) is 23.5. The van der Waals surface area contributed by atoms with Gasteiger partial charge < -0.3 is 9.56 Å². The SMILES string of the molecule is C/C=C/C(C)c1nc(C(F)(F)F)cn1-c1ccc(S(N)(=O)=O)cc1.CC.CC=NC. The van der Waals surface area contributed by atoms with Crippen molar-refractivity contribution in [3.63, 3.8) is 0 Å². The van der Waals surface area contributed by atoms with E-state index in [1.54, 1.807) is 39.3 Å². The van der Waals surface area contributed by atoms with Crippen molar-refractivity contribution in [2.75, 3.05) is 7.05 Å². The van der Waals surface area contributed by atoms with Crippen LogP contribution in [0.25, 0.3) is 5.69 Å². The standard InChI is InChI=1S/C15H16F3N3O2S.C3H7N.C2H6/c1-3-4-10(2)14-20-13(15(16,17)18)9-21(14)11-5-7-12(8-6-11)24(19,22)23;1-3-4-2;1-2/h3-10H,1-2H3,(H2,19,22,23);3H,1-2H3;1-2H3/b4-3+;;. The predicted molar refractivity (Wildman–Crippen MR) is 115 cm³/mol. The van der Waals surface area contributed by atoms with Crippen molar-refractivity contribution in [3.8, 4) is 5.69 Å². The number of aliphatic imine (C=N–C) groups is 1. The molecule has 0 fully saturated rings. The molecule has 0 saturated heterocycles. The van der Waals surface area contributed by atoms with E-state index in [1.807, 2.05) is 20.8 Å². The normalized spacial score (nSPS) is 12.9. The van der Waals surface area contributed by atoms with Gasteiger partial charge in [-0.05, 0) is 44.3 Å². The molecule has 0 aliphatic heterocycles. The number of alkyl halides is 3. The van der Waals surface area contributed by atoms with Crippen molar-refractivity contribution in [1.82, 2.24) is 9.55 Å². The Morgan fingerprint density at radius 2 is 1.67 bits per heavy atom. The maximum absolute atomic E-state index is 13.0. The van der Waals surface area contributed by atoms with Gasteiger partial charge in [-0.2, -0.15) is 13.2 Å². The number of imidazole rings is 1. The molecular weight excluding hydrogens is 417 g/mol. The van der Waals surface area contributed by atoms with Crippen molar-refractivity contribution in [2.24, 2.45) is 10.1 Å². The van der Waals surface area contributed by atoms with Crippen molar-refractivity contribution >= 4 is 16.2 Å². The molecule has 0 spiro atoms. The topological polar surface area (TPSA) is 90.3 Å². The van der Waals surface area contributed by atoms with E-state index in [-0.39, 0.29) is 16.6 Å². The van der Waals surface area contributed by atoms with Gasteiger partial charge in [0.15, 0.2) is 5.69 Å². The first-order valence-electron chi connectivity index (χ1n) is 9.25. The van der Waals surface area contributed by atoms with Crippen LogP contribution in [-0.4, -0.2) is 31.2 Å². The van der Waals surface area contributed by atoms with Crippen molar-refractivity contribution < 1.29 is 21.6 Å². The molecule has 1 heterocycles. The molecule has 2 aromatic rings. The summed E-state index contributed by atoms with van der Waals surface area (Å²) in [6.45, 7) is 9.37. The van der Waals surface area contributed by atoms with Crippen molar-refractivity contribution in [1.29, 1.82) is 0 Å². The van der Waals surface area contributed by atoms with E-state index < -0.39 is 21.9 Å². The summed E-state index contributed by atoms with van der Waals surface area (Å²) in [6, 6.07) is 5.24. The lowest BCUT2D eigenvalue weighted by molar-refractivity contribution is -0.141. The van der Waals surface area contributed by atoms with E-state index in [1.165, 1.54) is 28.8 Å². The first-order valence-corrected chi connectivity index (χ1v) is 10.8. The number of nitrogens with two attached hydrogens (primary N) is 1. The van der Waals surface area contributed by atoms with Crippen LogP contribution < -0.4 is 5.14 Å². The zero-order valence-corrected chi connectivity index (χ0v) is 18.8.